The zero-order valence-corrected chi connectivity index (χ0v) is 29.1. The zero-order valence-electron chi connectivity index (χ0n) is 25.9. The molecule has 0 aliphatic heterocycles. The van der Waals surface area contributed by atoms with Gasteiger partial charge in [0.25, 0.3) is 0 Å². The highest BCUT2D eigenvalue weighted by atomic mass is 32.1. The largest absolute Gasteiger partial charge is 0.491 e. The number of hydrogen-bond donors (Lipinski definition) is 0. The van der Waals surface area contributed by atoms with Gasteiger partial charge < -0.3 is 9.47 Å². The third-order valence-corrected chi connectivity index (χ3v) is 12.5. The summed E-state index contributed by atoms with van der Waals surface area (Å²) in [7, 11) is 0. The molecule has 0 spiro atoms. The summed E-state index contributed by atoms with van der Waals surface area (Å²) in [4.78, 5) is 14.3. The van der Waals surface area contributed by atoms with Gasteiger partial charge >= 0.3 is 0 Å². The van der Waals surface area contributed by atoms with Gasteiger partial charge in [0.2, 0.25) is 0 Å². The van der Waals surface area contributed by atoms with Crippen LogP contribution in [0, 0.1) is 25.7 Å². The molecular formula is C34H44N2O2S4. The number of rotatable bonds is 16. The van der Waals surface area contributed by atoms with Crippen molar-refractivity contribution in [2.75, 3.05) is 13.2 Å². The van der Waals surface area contributed by atoms with Crippen LogP contribution in [0.15, 0.2) is 24.5 Å². The molecule has 2 atom stereocenters. The number of hydrogen-bond acceptors (Lipinski definition) is 8. The normalized spacial score (nSPS) is 13.3. The SMILES string of the molecule is CCCCC(CC)COc1c2cc(-c3ncc(C)s3)sc2c(OCC(CC)CCCC)c2cc(-c3ncc(C)s3)sc12. The molecule has 2 unspecified atom stereocenters. The van der Waals surface area contributed by atoms with Crippen LogP contribution in [0.25, 0.3) is 39.9 Å². The molecule has 1 aromatic carbocycles. The third-order valence-electron chi connectivity index (χ3n) is 8.04. The van der Waals surface area contributed by atoms with Gasteiger partial charge in [-0.1, -0.05) is 66.2 Å². The minimum Gasteiger partial charge on any atom is -0.491 e. The number of nitrogens with zero attached hydrogens (tertiary/aromatic N) is 2. The molecule has 8 heteroatoms. The van der Waals surface area contributed by atoms with Crippen molar-refractivity contribution in [3.8, 4) is 31.3 Å². The highest BCUT2D eigenvalue weighted by Crippen LogP contribution is 2.53. The molecule has 4 heterocycles. The van der Waals surface area contributed by atoms with Crippen LogP contribution in [-0.2, 0) is 0 Å². The minimum atomic E-state index is 0.551. The number of fused-ring (bicyclic) bond motifs is 2. The molecule has 0 saturated carbocycles. The molecule has 0 bridgehead atoms. The van der Waals surface area contributed by atoms with Crippen LogP contribution in [-0.4, -0.2) is 23.2 Å². The number of unbranched alkanes of at least 4 members (excludes halogenated alkanes) is 2. The number of aryl methyl sites for hydroxylation is 2. The Morgan fingerprint density at radius 1 is 0.643 bits per heavy atom. The molecule has 5 rings (SSSR count). The lowest BCUT2D eigenvalue weighted by molar-refractivity contribution is 0.235. The Balaban J connectivity index is 1.66. The third kappa shape index (κ3) is 7.03. The maximum absolute atomic E-state index is 6.87. The number of aromatic nitrogens is 2. The summed E-state index contributed by atoms with van der Waals surface area (Å²) in [6, 6.07) is 4.60. The van der Waals surface area contributed by atoms with Gasteiger partial charge in [0, 0.05) is 32.9 Å². The zero-order chi connectivity index (χ0) is 29.6. The van der Waals surface area contributed by atoms with Crippen LogP contribution in [0.2, 0.25) is 0 Å². The van der Waals surface area contributed by atoms with Crippen LogP contribution < -0.4 is 9.47 Å². The molecule has 0 fully saturated rings. The Morgan fingerprint density at radius 2 is 1.07 bits per heavy atom. The fraction of sp³-hybridized carbons (Fsp3) is 0.529. The predicted octanol–water partition coefficient (Wildman–Crippen LogP) is 12.2. The van der Waals surface area contributed by atoms with Crippen LogP contribution in [0.3, 0.4) is 0 Å². The predicted molar refractivity (Wildman–Crippen MR) is 186 cm³/mol. The molecule has 0 aliphatic carbocycles. The second kappa shape index (κ2) is 14.7. The van der Waals surface area contributed by atoms with Crippen molar-refractivity contribution in [1.82, 2.24) is 9.97 Å². The van der Waals surface area contributed by atoms with E-state index in [4.69, 9.17) is 19.4 Å². The van der Waals surface area contributed by atoms with Gasteiger partial charge in [0.15, 0.2) is 0 Å². The summed E-state index contributed by atoms with van der Waals surface area (Å²) < 4.78 is 16.1. The first-order valence-corrected chi connectivity index (χ1v) is 18.9. The van der Waals surface area contributed by atoms with E-state index in [0.29, 0.717) is 11.8 Å². The number of thiazole rings is 2. The summed E-state index contributed by atoms with van der Waals surface area (Å²) in [6.45, 7) is 14.8. The fourth-order valence-corrected chi connectivity index (χ4v) is 9.30. The lowest BCUT2D eigenvalue weighted by Crippen LogP contribution is -2.12. The summed E-state index contributed by atoms with van der Waals surface area (Å²) in [6.07, 6.45) is 13.5. The summed E-state index contributed by atoms with van der Waals surface area (Å²) in [5.74, 6) is 3.10. The van der Waals surface area contributed by atoms with Crippen molar-refractivity contribution in [1.29, 1.82) is 0 Å². The first kappa shape index (κ1) is 31.4. The topological polar surface area (TPSA) is 44.2 Å². The number of ether oxygens (including phenoxy) is 2. The monoisotopic (exact) mass is 640 g/mol. The van der Waals surface area contributed by atoms with Crippen molar-refractivity contribution in [2.24, 2.45) is 11.8 Å². The minimum absolute atomic E-state index is 0.551. The standard InChI is InChI=1S/C34H44N2O2S4/c1-7-11-13-23(9-3)19-37-29-25-15-27(33-35-17-21(5)39-33)42-32(25)30(38-20-24(10-4)14-12-8-2)26-16-28(41-31(26)29)34-36-18-22(6)40-34/h15-18,23-24H,7-14,19-20H2,1-6H3. The van der Waals surface area contributed by atoms with Crippen LogP contribution in [0.5, 0.6) is 11.5 Å². The second-order valence-corrected chi connectivity index (χ2v) is 15.9. The van der Waals surface area contributed by atoms with Gasteiger partial charge in [0.05, 0.1) is 32.4 Å². The first-order chi connectivity index (χ1) is 20.4. The van der Waals surface area contributed by atoms with E-state index >= 15 is 0 Å². The van der Waals surface area contributed by atoms with E-state index in [0.717, 1.165) is 58.3 Å². The van der Waals surface area contributed by atoms with Gasteiger partial charge in [0.1, 0.15) is 21.5 Å². The number of benzene rings is 1. The van der Waals surface area contributed by atoms with Crippen molar-refractivity contribution >= 4 is 65.5 Å². The van der Waals surface area contributed by atoms with E-state index in [9.17, 15) is 0 Å². The molecule has 5 aromatic rings. The molecule has 0 saturated heterocycles. The van der Waals surface area contributed by atoms with E-state index in [1.54, 1.807) is 45.3 Å². The summed E-state index contributed by atoms with van der Waals surface area (Å²) in [5.41, 5.74) is 0. The van der Waals surface area contributed by atoms with Crippen molar-refractivity contribution in [3.05, 3.63) is 34.3 Å². The van der Waals surface area contributed by atoms with Gasteiger partial charge in [-0.05, 0) is 50.7 Å². The highest BCUT2D eigenvalue weighted by Gasteiger charge is 2.25. The Morgan fingerprint density at radius 3 is 1.40 bits per heavy atom. The Kier molecular flexibility index (Phi) is 11.0. The maximum atomic E-state index is 6.87. The molecular weight excluding hydrogens is 597 g/mol. The lowest BCUT2D eigenvalue weighted by Gasteiger charge is -2.19. The van der Waals surface area contributed by atoms with Crippen molar-refractivity contribution < 1.29 is 9.47 Å². The summed E-state index contributed by atoms with van der Waals surface area (Å²) in [5, 5.41) is 4.44. The highest BCUT2D eigenvalue weighted by molar-refractivity contribution is 7.28. The molecule has 42 heavy (non-hydrogen) atoms. The van der Waals surface area contributed by atoms with E-state index < -0.39 is 0 Å². The Hall–Kier alpha value is -2.00. The van der Waals surface area contributed by atoms with Gasteiger partial charge in [-0.2, -0.15) is 0 Å². The first-order valence-electron chi connectivity index (χ1n) is 15.6. The number of thiophene rings is 2. The average molecular weight is 641 g/mol. The molecule has 0 aliphatic rings. The molecule has 0 amide bonds. The Bertz CT molecular complexity index is 1420. The average Bonchev–Trinajstić information content (AvgIpc) is 3.80. The Labute approximate surface area is 267 Å². The molecule has 0 radical (unpaired) electrons. The molecule has 226 valence electrons. The van der Waals surface area contributed by atoms with Crippen molar-refractivity contribution in [3.63, 3.8) is 0 Å². The van der Waals surface area contributed by atoms with Crippen molar-refractivity contribution in [2.45, 2.75) is 92.9 Å². The van der Waals surface area contributed by atoms with E-state index in [2.05, 4.69) is 53.7 Å². The van der Waals surface area contributed by atoms with E-state index in [1.165, 1.54) is 67.4 Å². The van der Waals surface area contributed by atoms with Crippen LogP contribution in [0.1, 0.15) is 88.8 Å². The molecule has 4 aromatic heterocycles. The van der Waals surface area contributed by atoms with E-state index in [1.807, 2.05) is 12.4 Å². The molecule has 0 N–H and O–H groups in total. The summed E-state index contributed by atoms with van der Waals surface area (Å²) >= 11 is 7.09. The van der Waals surface area contributed by atoms with Crippen LogP contribution in [0.4, 0.5) is 0 Å². The van der Waals surface area contributed by atoms with Gasteiger partial charge in [-0.3, -0.25) is 0 Å². The molecule has 4 nitrogen and oxygen atoms in total. The van der Waals surface area contributed by atoms with Gasteiger partial charge in [-0.15, -0.1) is 45.3 Å². The van der Waals surface area contributed by atoms with Crippen LogP contribution >= 0.6 is 45.3 Å². The quantitative estimate of drug-likeness (QED) is 0.108. The maximum Gasteiger partial charge on any atom is 0.146 e. The fourth-order valence-electron chi connectivity index (χ4n) is 5.33. The lowest BCUT2D eigenvalue weighted by atomic mass is 10.0. The smallest absolute Gasteiger partial charge is 0.146 e. The van der Waals surface area contributed by atoms with Gasteiger partial charge in [-0.25, -0.2) is 9.97 Å². The second-order valence-electron chi connectivity index (χ2n) is 11.4. The van der Waals surface area contributed by atoms with E-state index in [-0.39, 0.29) is 0 Å².